The lowest BCUT2D eigenvalue weighted by atomic mass is 10.0. The minimum absolute atomic E-state index is 0.183. The minimum Gasteiger partial charge on any atom is -0.477 e. The predicted molar refractivity (Wildman–Crippen MR) is 355 cm³/mol. The summed E-state index contributed by atoms with van der Waals surface area (Å²) in [6, 6.07) is 0. The molecule has 0 saturated carbocycles. The van der Waals surface area contributed by atoms with Crippen LogP contribution in [0.25, 0.3) is 0 Å². The highest BCUT2D eigenvalue weighted by Gasteiger charge is 2.25. The maximum absolute atomic E-state index is 12.9. The highest BCUT2D eigenvalue weighted by Crippen LogP contribution is 2.18. The molecule has 0 radical (unpaired) electrons. The van der Waals surface area contributed by atoms with Crippen molar-refractivity contribution < 1.29 is 42.9 Å². The number of hydrogen-bond donors (Lipinski definition) is 1. The largest absolute Gasteiger partial charge is 0.477 e. The average molecular weight is 1160 g/mol. The number of carboxylic acid groups (broad SMARTS) is 1. The van der Waals surface area contributed by atoms with Gasteiger partial charge in [-0.05, 0) is 89.9 Å². The summed E-state index contributed by atoms with van der Waals surface area (Å²) in [4.78, 5) is 37.6. The zero-order valence-electron chi connectivity index (χ0n) is 54.8. The van der Waals surface area contributed by atoms with Crippen LogP contribution in [0.4, 0.5) is 0 Å². The lowest BCUT2D eigenvalue weighted by Gasteiger charge is -2.25. The Kier molecular flexibility index (Phi) is 61.7. The molecule has 9 heteroatoms. The van der Waals surface area contributed by atoms with Crippen LogP contribution in [0.5, 0.6) is 0 Å². The Morgan fingerprint density at radius 1 is 0.373 bits per heavy atom. The summed E-state index contributed by atoms with van der Waals surface area (Å²) in [5.41, 5.74) is 0. The van der Waals surface area contributed by atoms with Crippen LogP contribution in [0.3, 0.4) is 0 Å². The molecule has 0 aromatic rings. The van der Waals surface area contributed by atoms with Gasteiger partial charge < -0.3 is 28.5 Å². The molecule has 0 aliphatic rings. The van der Waals surface area contributed by atoms with Crippen molar-refractivity contribution in [3.63, 3.8) is 0 Å². The summed E-state index contributed by atoms with van der Waals surface area (Å²) in [5, 5.41) is 9.75. The number of quaternary nitrogens is 1. The monoisotopic (exact) mass is 1160 g/mol. The zero-order valence-corrected chi connectivity index (χ0v) is 54.8. The van der Waals surface area contributed by atoms with Gasteiger partial charge in [-0.25, -0.2) is 4.79 Å². The number of allylic oxidation sites excluding steroid dienone is 14. The molecule has 83 heavy (non-hydrogen) atoms. The maximum Gasteiger partial charge on any atom is 0.361 e. The molecule has 2 unspecified atom stereocenters. The van der Waals surface area contributed by atoms with Gasteiger partial charge >= 0.3 is 17.9 Å². The molecule has 1 N–H and O–H groups in total. The van der Waals surface area contributed by atoms with Crippen LogP contribution in [-0.2, 0) is 33.3 Å². The average Bonchev–Trinajstić information content (AvgIpc) is 3.46. The molecule has 0 rings (SSSR count). The predicted octanol–water partition coefficient (Wildman–Crippen LogP) is 21.5. The molecule has 0 spiro atoms. The first-order valence-corrected chi connectivity index (χ1v) is 34.8. The SMILES string of the molecule is CC/C=C\C/C=C\C/C=C\C/C=C\C/C=C\CCCCCCCCCCCCCCCC(=O)OC(COC(=O)CCCCCCCCCCCCCCCCCCC/C=C\C/C=C\CCCCCCC)COC(OCC[N+](C)(C)C)C(=O)O. The van der Waals surface area contributed by atoms with Gasteiger partial charge in [0, 0.05) is 12.8 Å². The summed E-state index contributed by atoms with van der Waals surface area (Å²) in [5.74, 6) is -1.99. The lowest BCUT2D eigenvalue weighted by molar-refractivity contribution is -0.870. The van der Waals surface area contributed by atoms with E-state index in [1.54, 1.807) is 0 Å². The first-order valence-electron chi connectivity index (χ1n) is 34.8. The number of hydrogen-bond acceptors (Lipinski definition) is 7. The summed E-state index contributed by atoms with van der Waals surface area (Å²) < 4.78 is 23.0. The van der Waals surface area contributed by atoms with Crippen LogP contribution < -0.4 is 0 Å². The number of esters is 2. The molecule has 0 aromatic heterocycles. The van der Waals surface area contributed by atoms with E-state index in [9.17, 15) is 19.5 Å². The van der Waals surface area contributed by atoms with Crippen molar-refractivity contribution in [3.8, 4) is 0 Å². The number of unbranched alkanes of at least 4 members (excludes halogenated alkanes) is 35. The highest BCUT2D eigenvalue weighted by atomic mass is 16.7. The second-order valence-electron chi connectivity index (χ2n) is 24.5. The Labute approximate surface area is 512 Å². The third-order valence-corrected chi connectivity index (χ3v) is 15.1. The van der Waals surface area contributed by atoms with E-state index in [0.29, 0.717) is 17.4 Å². The molecule has 0 saturated heterocycles. The van der Waals surface area contributed by atoms with Crippen LogP contribution in [0.2, 0.25) is 0 Å². The molecule has 0 aliphatic carbocycles. The molecule has 0 amide bonds. The summed E-state index contributed by atoms with van der Waals surface area (Å²) in [6.07, 6.45) is 84.0. The molecule has 0 bridgehead atoms. The number of carbonyl (C=O) groups is 3. The van der Waals surface area contributed by atoms with Crippen molar-refractivity contribution in [2.75, 3.05) is 47.5 Å². The van der Waals surface area contributed by atoms with Gasteiger partial charge in [0.05, 0.1) is 34.4 Å². The number of nitrogens with zero attached hydrogens (tertiary/aromatic N) is 1. The molecular weight excluding hydrogens is 1030 g/mol. The van der Waals surface area contributed by atoms with Crippen molar-refractivity contribution in [2.24, 2.45) is 0 Å². The van der Waals surface area contributed by atoms with Gasteiger partial charge in [-0.3, -0.25) is 9.59 Å². The number of aliphatic carboxylic acids is 1. The van der Waals surface area contributed by atoms with E-state index >= 15 is 0 Å². The van der Waals surface area contributed by atoms with E-state index in [2.05, 4.69) is 98.9 Å². The molecule has 0 heterocycles. The van der Waals surface area contributed by atoms with Crippen molar-refractivity contribution in [1.82, 2.24) is 0 Å². The Morgan fingerprint density at radius 3 is 1.02 bits per heavy atom. The van der Waals surface area contributed by atoms with Gasteiger partial charge in [0.1, 0.15) is 13.2 Å². The Morgan fingerprint density at radius 2 is 0.687 bits per heavy atom. The van der Waals surface area contributed by atoms with Crippen LogP contribution in [0.15, 0.2) is 85.1 Å². The van der Waals surface area contributed by atoms with Crippen LogP contribution >= 0.6 is 0 Å². The first kappa shape index (κ1) is 79.5. The van der Waals surface area contributed by atoms with Crippen LogP contribution in [0.1, 0.15) is 309 Å². The van der Waals surface area contributed by atoms with Gasteiger partial charge in [0.25, 0.3) is 6.29 Å². The Hall–Kier alpha value is -3.53. The Bertz CT molecular complexity index is 1640. The van der Waals surface area contributed by atoms with E-state index < -0.39 is 24.3 Å². The third-order valence-electron chi connectivity index (χ3n) is 15.1. The van der Waals surface area contributed by atoms with Gasteiger partial charge in [0.15, 0.2) is 6.10 Å². The van der Waals surface area contributed by atoms with Crippen molar-refractivity contribution in [2.45, 2.75) is 322 Å². The van der Waals surface area contributed by atoms with E-state index in [1.165, 1.54) is 205 Å². The number of carbonyl (C=O) groups excluding carboxylic acids is 2. The van der Waals surface area contributed by atoms with Crippen molar-refractivity contribution >= 4 is 17.9 Å². The second kappa shape index (κ2) is 64.5. The van der Waals surface area contributed by atoms with Crippen molar-refractivity contribution in [3.05, 3.63) is 85.1 Å². The lowest BCUT2D eigenvalue weighted by Crippen LogP contribution is -2.40. The minimum atomic E-state index is -1.51. The summed E-state index contributed by atoms with van der Waals surface area (Å²) >= 11 is 0. The normalized spacial score (nSPS) is 13.2. The quantitative estimate of drug-likeness (QED) is 0.0211. The fourth-order valence-electron chi connectivity index (χ4n) is 9.84. The van der Waals surface area contributed by atoms with E-state index in [-0.39, 0.29) is 32.2 Å². The van der Waals surface area contributed by atoms with Crippen LogP contribution in [-0.4, -0.2) is 87.4 Å². The standard InChI is InChI=1S/C74H131NO8/c1-6-8-10-12-14-16-18-20-22-24-26-28-30-32-34-36-38-40-42-44-46-48-50-52-54-56-58-60-62-64-71(76)81-68-70(69-82-74(73(78)79)80-67-66-75(3,4)5)83-72(77)65-63-61-59-57-55-53-51-49-47-45-43-41-39-37-35-33-31-29-27-25-23-21-19-17-15-13-11-9-7-2/h9,11,15,17-18,20-21,23-24,26-27,29,33,35,70,74H,6-8,10,12-14,16,19,22,25,28,30-32,34,36-69H2,1-5H3/p+1/b11-9-,17-15-,20-18-,23-21-,26-24-,29-27-,35-33-. The molecule has 0 fully saturated rings. The number of carboxylic acids is 1. The number of likely N-dealkylation sites (N-methyl/N-ethyl adjacent to an activating group) is 1. The van der Waals surface area contributed by atoms with Gasteiger partial charge in [-0.2, -0.15) is 0 Å². The van der Waals surface area contributed by atoms with E-state index in [1.807, 2.05) is 21.1 Å². The van der Waals surface area contributed by atoms with Gasteiger partial charge in [-0.1, -0.05) is 292 Å². The molecule has 9 nitrogen and oxygen atoms in total. The van der Waals surface area contributed by atoms with Gasteiger partial charge in [-0.15, -0.1) is 0 Å². The molecule has 0 aromatic carbocycles. The molecule has 480 valence electrons. The molecular formula is C74H132NO8+. The fourth-order valence-corrected chi connectivity index (χ4v) is 9.84. The van der Waals surface area contributed by atoms with Gasteiger partial charge in [0.2, 0.25) is 0 Å². The smallest absolute Gasteiger partial charge is 0.361 e. The Balaban J connectivity index is 4.11. The molecule has 2 atom stereocenters. The molecule has 0 aliphatic heterocycles. The first-order chi connectivity index (χ1) is 40.6. The number of rotatable bonds is 64. The maximum atomic E-state index is 12.9. The van der Waals surface area contributed by atoms with Crippen molar-refractivity contribution in [1.29, 1.82) is 0 Å². The second-order valence-corrected chi connectivity index (χ2v) is 24.5. The topological polar surface area (TPSA) is 108 Å². The van der Waals surface area contributed by atoms with Crippen LogP contribution in [0, 0.1) is 0 Å². The summed E-state index contributed by atoms with van der Waals surface area (Å²) in [7, 11) is 5.98. The number of ether oxygens (including phenoxy) is 4. The fraction of sp³-hybridized carbons (Fsp3) is 0.770. The zero-order chi connectivity index (χ0) is 60.5. The highest BCUT2D eigenvalue weighted by molar-refractivity contribution is 5.71. The third kappa shape index (κ3) is 65.9. The van der Waals surface area contributed by atoms with E-state index in [4.69, 9.17) is 18.9 Å². The summed E-state index contributed by atoms with van der Waals surface area (Å²) in [6.45, 7) is 4.79. The van der Waals surface area contributed by atoms with E-state index in [0.717, 1.165) is 77.0 Å².